The Bertz CT molecular complexity index is 1480. The zero-order valence-corrected chi connectivity index (χ0v) is 26.4. The second-order valence-electron chi connectivity index (χ2n) is 10.4. The monoisotopic (exact) mass is 634 g/mol. The van der Waals surface area contributed by atoms with Crippen molar-refractivity contribution >= 4 is 29.0 Å². The normalized spacial score (nSPS) is 12.9. The third kappa shape index (κ3) is 11.8. The molecule has 0 radical (unpaired) electrons. The number of hydrogen-bond donors (Lipinski definition) is 1. The molecule has 0 saturated carbocycles. The van der Waals surface area contributed by atoms with E-state index in [9.17, 15) is 19.7 Å². The number of ether oxygens (including phenoxy) is 3. The van der Waals surface area contributed by atoms with Gasteiger partial charge < -0.3 is 29.4 Å². The van der Waals surface area contributed by atoms with Crippen LogP contribution in [0.3, 0.4) is 0 Å². The first-order chi connectivity index (χ1) is 22.3. The maximum atomic E-state index is 11.1. The highest BCUT2D eigenvalue weighted by Crippen LogP contribution is 2.35. The van der Waals surface area contributed by atoms with Gasteiger partial charge in [-0.2, -0.15) is 0 Å². The highest BCUT2D eigenvalue weighted by atomic mass is 16.6. The molecule has 0 bridgehead atoms. The van der Waals surface area contributed by atoms with E-state index in [1.54, 1.807) is 6.07 Å². The van der Waals surface area contributed by atoms with Gasteiger partial charge in [0, 0.05) is 36.5 Å². The molecule has 0 atom stereocenters. The van der Waals surface area contributed by atoms with Gasteiger partial charge in [0.1, 0.15) is 13.2 Å². The van der Waals surface area contributed by atoms with Gasteiger partial charge in [-0.05, 0) is 43.4 Å². The Balaban J connectivity index is 0.000000344. The Kier molecular flexibility index (Phi) is 15.0. The maximum absolute atomic E-state index is 11.1. The number of para-hydroxylation sites is 2. The summed E-state index contributed by atoms with van der Waals surface area (Å²) in [5.74, 6) is 0.413. The minimum absolute atomic E-state index is 0.0891. The predicted molar refractivity (Wildman–Crippen MR) is 174 cm³/mol. The van der Waals surface area contributed by atoms with Crippen LogP contribution < -0.4 is 10.6 Å². The summed E-state index contributed by atoms with van der Waals surface area (Å²) >= 11 is 0. The molecule has 0 unspecified atom stereocenters. The molecule has 2 N–H and O–H groups in total. The second-order valence-corrected chi connectivity index (χ2v) is 10.4. The molecule has 1 aliphatic heterocycles. The molecule has 0 spiro atoms. The molecule has 4 rings (SSSR count). The van der Waals surface area contributed by atoms with Gasteiger partial charge in [0.15, 0.2) is 5.76 Å². The number of esters is 1. The van der Waals surface area contributed by atoms with Crippen LogP contribution in [0.5, 0.6) is 0 Å². The number of nitro groups is 1. The first kappa shape index (κ1) is 35.5. The molecule has 246 valence electrons. The van der Waals surface area contributed by atoms with Crippen molar-refractivity contribution in [2.45, 2.75) is 58.7 Å². The Labute approximate surface area is 268 Å². The van der Waals surface area contributed by atoms with Crippen molar-refractivity contribution in [2.75, 3.05) is 31.7 Å². The standard InChI is InChI=1S/C26H34N2O4.C8H8N2O4/c1-3-4-6-11-21-19-28(25-14-9-8-13-24(21)25)16-10-5-7-12-22-18-23(32-27-22)20-31-17-15-26(29)30-2;9-8(11)14-5-6-3-1-2-4-7(6)10(12)13/h4,6,8-9,11,13-14,18H,3,5,7,10,12,15-17,19-20H2,1-2H3;1-4H,5H2,(H2,9,11)/b6-4-,21-11+;. The van der Waals surface area contributed by atoms with E-state index < -0.39 is 11.0 Å². The van der Waals surface area contributed by atoms with Gasteiger partial charge in [-0.15, -0.1) is 0 Å². The number of nitrogens with zero attached hydrogens (tertiary/aromatic N) is 3. The predicted octanol–water partition coefficient (Wildman–Crippen LogP) is 6.53. The van der Waals surface area contributed by atoms with Crippen LogP contribution >= 0.6 is 0 Å². The van der Waals surface area contributed by atoms with Crippen LogP contribution in [0.1, 0.15) is 61.6 Å². The molecule has 12 nitrogen and oxygen atoms in total. The van der Waals surface area contributed by atoms with Crippen LogP contribution in [0.2, 0.25) is 0 Å². The van der Waals surface area contributed by atoms with E-state index in [1.807, 2.05) is 6.07 Å². The third-order valence-electron chi connectivity index (χ3n) is 7.07. The van der Waals surface area contributed by atoms with Crippen LogP contribution in [0, 0.1) is 10.1 Å². The van der Waals surface area contributed by atoms with E-state index in [4.69, 9.17) is 15.0 Å². The van der Waals surface area contributed by atoms with Gasteiger partial charge in [-0.3, -0.25) is 14.9 Å². The number of unbranched alkanes of at least 4 members (excludes halogenated alkanes) is 2. The summed E-state index contributed by atoms with van der Waals surface area (Å²) in [6.45, 7) is 4.65. The minimum atomic E-state index is -0.955. The Hall–Kier alpha value is -4.97. The zero-order valence-electron chi connectivity index (χ0n) is 26.4. The summed E-state index contributed by atoms with van der Waals surface area (Å²) in [5.41, 5.74) is 10.0. The van der Waals surface area contributed by atoms with E-state index in [2.05, 4.69) is 68.9 Å². The Morgan fingerprint density at radius 2 is 1.89 bits per heavy atom. The lowest BCUT2D eigenvalue weighted by Gasteiger charge is -2.18. The highest BCUT2D eigenvalue weighted by Gasteiger charge is 2.22. The van der Waals surface area contributed by atoms with Crippen molar-refractivity contribution in [3.8, 4) is 0 Å². The number of aromatic nitrogens is 1. The lowest BCUT2D eigenvalue weighted by atomic mass is 10.1. The lowest BCUT2D eigenvalue weighted by Crippen LogP contribution is -2.21. The highest BCUT2D eigenvalue weighted by molar-refractivity contribution is 5.86. The summed E-state index contributed by atoms with van der Waals surface area (Å²) in [6, 6.07) is 16.6. The number of benzene rings is 2. The molecule has 2 heterocycles. The molecule has 1 amide bonds. The number of nitrogens with two attached hydrogens (primary N) is 1. The molecular formula is C34H42N4O8. The van der Waals surface area contributed by atoms with Crippen molar-refractivity contribution in [3.05, 3.63) is 106 Å². The summed E-state index contributed by atoms with van der Waals surface area (Å²) in [4.78, 5) is 33.8. The number of primary amides is 1. The Morgan fingerprint density at radius 3 is 2.65 bits per heavy atom. The smallest absolute Gasteiger partial charge is 0.404 e. The number of fused-ring (bicyclic) bond motifs is 1. The van der Waals surface area contributed by atoms with E-state index in [0.29, 0.717) is 24.5 Å². The van der Waals surface area contributed by atoms with Gasteiger partial charge >= 0.3 is 12.1 Å². The van der Waals surface area contributed by atoms with E-state index in [0.717, 1.165) is 50.9 Å². The fourth-order valence-electron chi connectivity index (χ4n) is 4.78. The van der Waals surface area contributed by atoms with Crippen molar-refractivity contribution in [2.24, 2.45) is 5.73 Å². The largest absolute Gasteiger partial charge is 0.469 e. The number of aryl methyl sites for hydroxylation is 1. The first-order valence-electron chi connectivity index (χ1n) is 15.3. The van der Waals surface area contributed by atoms with Gasteiger partial charge in [0.2, 0.25) is 0 Å². The molecule has 12 heteroatoms. The Morgan fingerprint density at radius 1 is 1.11 bits per heavy atom. The topological polar surface area (TPSA) is 160 Å². The molecule has 0 aliphatic carbocycles. The second kappa shape index (κ2) is 19.4. The SMILES string of the molecule is CC/C=C\C=C1/CN(CCCCCc2cc(COCCC(=O)OC)on2)c2ccccc21.NC(=O)OCc1ccccc1[N+](=O)[O-]. The zero-order chi connectivity index (χ0) is 33.1. The van der Waals surface area contributed by atoms with Crippen LogP contribution in [0.25, 0.3) is 5.57 Å². The average Bonchev–Trinajstić information content (AvgIpc) is 3.66. The summed E-state index contributed by atoms with van der Waals surface area (Å²) < 4.78 is 19.8. The summed E-state index contributed by atoms with van der Waals surface area (Å²) in [7, 11) is 1.37. The molecular weight excluding hydrogens is 592 g/mol. The molecule has 1 aromatic heterocycles. The maximum Gasteiger partial charge on any atom is 0.404 e. The third-order valence-corrected chi connectivity index (χ3v) is 7.07. The van der Waals surface area contributed by atoms with Crippen LogP contribution in [-0.2, 0) is 38.6 Å². The van der Waals surface area contributed by atoms with Gasteiger partial charge in [-0.1, -0.05) is 67.1 Å². The number of rotatable bonds is 16. The van der Waals surface area contributed by atoms with Crippen LogP contribution in [-0.4, -0.2) is 48.9 Å². The molecule has 46 heavy (non-hydrogen) atoms. The van der Waals surface area contributed by atoms with Crippen LogP contribution in [0.15, 0.2) is 77.3 Å². The van der Waals surface area contributed by atoms with Crippen molar-refractivity contribution in [1.29, 1.82) is 0 Å². The fraction of sp³-hybridized carbons (Fsp3) is 0.382. The first-order valence-corrected chi connectivity index (χ1v) is 15.3. The number of allylic oxidation sites excluding steroid dienone is 3. The van der Waals surface area contributed by atoms with Gasteiger partial charge in [0.05, 0.1) is 36.3 Å². The average molecular weight is 635 g/mol. The summed E-state index contributed by atoms with van der Waals surface area (Å²) in [5, 5.41) is 14.6. The number of anilines is 1. The molecule has 0 fully saturated rings. The van der Waals surface area contributed by atoms with Gasteiger partial charge in [-0.25, -0.2) is 4.79 Å². The van der Waals surface area contributed by atoms with E-state index >= 15 is 0 Å². The minimum Gasteiger partial charge on any atom is -0.469 e. The van der Waals surface area contributed by atoms with Crippen molar-refractivity contribution in [3.63, 3.8) is 0 Å². The van der Waals surface area contributed by atoms with Gasteiger partial charge in [0.25, 0.3) is 5.69 Å². The number of hydrogen-bond acceptors (Lipinski definition) is 10. The number of methoxy groups -OCH3 is 1. The lowest BCUT2D eigenvalue weighted by molar-refractivity contribution is -0.385. The van der Waals surface area contributed by atoms with Crippen molar-refractivity contribution in [1.82, 2.24) is 5.16 Å². The molecule has 3 aromatic rings. The van der Waals surface area contributed by atoms with Crippen LogP contribution in [0.4, 0.5) is 16.2 Å². The number of amides is 1. The fourth-order valence-corrected chi connectivity index (χ4v) is 4.78. The number of carbonyl (C=O) groups is 2. The van der Waals surface area contributed by atoms with E-state index in [-0.39, 0.29) is 24.7 Å². The molecule has 0 saturated heterocycles. The number of nitro benzene ring substituents is 1. The molecule has 2 aromatic carbocycles. The molecule has 1 aliphatic rings. The quantitative estimate of drug-likeness (QED) is 0.0794. The number of carbonyl (C=O) groups excluding carboxylic acids is 2. The van der Waals surface area contributed by atoms with E-state index in [1.165, 1.54) is 42.1 Å². The van der Waals surface area contributed by atoms with Crippen molar-refractivity contribution < 1.29 is 33.2 Å². The summed E-state index contributed by atoms with van der Waals surface area (Å²) in [6.07, 6.45) is 11.2.